The van der Waals surface area contributed by atoms with Crippen LogP contribution in [-0.2, 0) is 5.54 Å². The van der Waals surface area contributed by atoms with Crippen LogP contribution in [0.3, 0.4) is 0 Å². The SMILES string of the molecule is CCOc1ccc(-c2nc(C(N)(CC)CC)no2)cc1. The van der Waals surface area contributed by atoms with Gasteiger partial charge in [-0.1, -0.05) is 19.0 Å². The first-order valence-electron chi connectivity index (χ1n) is 6.99. The summed E-state index contributed by atoms with van der Waals surface area (Å²) >= 11 is 0. The molecule has 0 aliphatic carbocycles. The maximum Gasteiger partial charge on any atom is 0.257 e. The van der Waals surface area contributed by atoms with Crippen molar-refractivity contribution >= 4 is 0 Å². The molecular weight excluding hydrogens is 254 g/mol. The van der Waals surface area contributed by atoms with E-state index in [4.69, 9.17) is 15.0 Å². The Morgan fingerprint density at radius 1 is 1.15 bits per heavy atom. The van der Waals surface area contributed by atoms with E-state index < -0.39 is 5.54 Å². The lowest BCUT2D eigenvalue weighted by molar-refractivity contribution is 0.340. The number of benzene rings is 1. The zero-order valence-corrected chi connectivity index (χ0v) is 12.2. The van der Waals surface area contributed by atoms with Crippen LogP contribution in [0, 0.1) is 0 Å². The summed E-state index contributed by atoms with van der Waals surface area (Å²) in [6.45, 7) is 6.65. The van der Waals surface area contributed by atoms with E-state index >= 15 is 0 Å². The Labute approximate surface area is 119 Å². The van der Waals surface area contributed by atoms with Gasteiger partial charge in [0, 0.05) is 5.56 Å². The summed E-state index contributed by atoms with van der Waals surface area (Å²) in [7, 11) is 0. The van der Waals surface area contributed by atoms with Gasteiger partial charge in [-0.15, -0.1) is 0 Å². The molecule has 2 rings (SSSR count). The first kappa shape index (κ1) is 14.5. The summed E-state index contributed by atoms with van der Waals surface area (Å²) in [6, 6.07) is 7.58. The van der Waals surface area contributed by atoms with Gasteiger partial charge in [0.15, 0.2) is 5.82 Å². The maximum absolute atomic E-state index is 6.27. The molecule has 0 fully saturated rings. The minimum absolute atomic E-state index is 0.486. The van der Waals surface area contributed by atoms with Crippen molar-refractivity contribution in [3.8, 4) is 17.2 Å². The third-order valence-corrected chi connectivity index (χ3v) is 3.55. The molecule has 2 N–H and O–H groups in total. The Morgan fingerprint density at radius 3 is 2.35 bits per heavy atom. The molecule has 1 aromatic heterocycles. The molecule has 0 aliphatic heterocycles. The lowest BCUT2D eigenvalue weighted by Gasteiger charge is -2.21. The van der Waals surface area contributed by atoms with Gasteiger partial charge < -0.3 is 15.0 Å². The van der Waals surface area contributed by atoms with E-state index in [-0.39, 0.29) is 0 Å². The van der Waals surface area contributed by atoms with E-state index in [1.165, 1.54) is 0 Å². The molecule has 5 heteroatoms. The number of hydrogen-bond acceptors (Lipinski definition) is 5. The fourth-order valence-corrected chi connectivity index (χ4v) is 1.97. The largest absolute Gasteiger partial charge is 0.494 e. The van der Waals surface area contributed by atoms with E-state index in [0.29, 0.717) is 18.3 Å². The highest BCUT2D eigenvalue weighted by molar-refractivity contribution is 5.54. The van der Waals surface area contributed by atoms with Crippen molar-refractivity contribution in [1.82, 2.24) is 10.1 Å². The summed E-state index contributed by atoms with van der Waals surface area (Å²) in [5, 5.41) is 4.02. The quantitative estimate of drug-likeness (QED) is 0.876. The van der Waals surface area contributed by atoms with Gasteiger partial charge in [-0.05, 0) is 44.0 Å². The smallest absolute Gasteiger partial charge is 0.257 e. The average Bonchev–Trinajstić information content (AvgIpc) is 2.98. The Hall–Kier alpha value is -1.88. The Bertz CT molecular complexity index is 545. The van der Waals surface area contributed by atoms with E-state index in [1.54, 1.807) is 0 Å². The average molecular weight is 275 g/mol. The highest BCUT2D eigenvalue weighted by Gasteiger charge is 2.29. The standard InChI is InChI=1S/C15H21N3O2/c1-4-15(16,5-2)14-17-13(20-18-14)11-7-9-12(10-8-11)19-6-3/h7-10H,4-6,16H2,1-3H3. The highest BCUT2D eigenvalue weighted by Crippen LogP contribution is 2.26. The molecule has 20 heavy (non-hydrogen) atoms. The second-order valence-corrected chi connectivity index (χ2v) is 4.74. The fourth-order valence-electron chi connectivity index (χ4n) is 1.97. The van der Waals surface area contributed by atoms with Gasteiger partial charge in [-0.2, -0.15) is 4.98 Å². The zero-order chi connectivity index (χ0) is 14.6. The van der Waals surface area contributed by atoms with Gasteiger partial charge in [0.2, 0.25) is 0 Å². The minimum atomic E-state index is -0.521. The van der Waals surface area contributed by atoms with E-state index in [0.717, 1.165) is 24.2 Å². The number of nitrogens with two attached hydrogens (primary N) is 1. The number of hydrogen-bond donors (Lipinski definition) is 1. The van der Waals surface area contributed by atoms with Gasteiger partial charge in [-0.3, -0.25) is 0 Å². The molecule has 1 heterocycles. The number of aromatic nitrogens is 2. The summed E-state index contributed by atoms with van der Waals surface area (Å²) in [6.07, 6.45) is 1.54. The second-order valence-electron chi connectivity index (χ2n) is 4.74. The monoisotopic (exact) mass is 275 g/mol. The predicted molar refractivity (Wildman–Crippen MR) is 77.4 cm³/mol. The zero-order valence-electron chi connectivity index (χ0n) is 12.2. The van der Waals surface area contributed by atoms with Gasteiger partial charge in [0.05, 0.1) is 12.1 Å². The van der Waals surface area contributed by atoms with Crippen LogP contribution in [0.15, 0.2) is 28.8 Å². The molecule has 0 aliphatic rings. The predicted octanol–water partition coefficient (Wildman–Crippen LogP) is 3.11. The third-order valence-electron chi connectivity index (χ3n) is 3.55. The van der Waals surface area contributed by atoms with Crippen molar-refractivity contribution in [1.29, 1.82) is 0 Å². The first-order chi connectivity index (χ1) is 9.62. The number of ether oxygens (including phenoxy) is 1. The first-order valence-corrected chi connectivity index (χ1v) is 6.99. The summed E-state index contributed by atoms with van der Waals surface area (Å²) in [5.41, 5.74) is 6.61. The minimum Gasteiger partial charge on any atom is -0.494 e. The van der Waals surface area contributed by atoms with Crippen molar-refractivity contribution in [3.05, 3.63) is 30.1 Å². The molecule has 0 bridgehead atoms. The molecule has 5 nitrogen and oxygen atoms in total. The van der Waals surface area contributed by atoms with Crippen molar-refractivity contribution < 1.29 is 9.26 Å². The van der Waals surface area contributed by atoms with Gasteiger partial charge in [0.1, 0.15) is 5.75 Å². The van der Waals surface area contributed by atoms with Gasteiger partial charge in [-0.25, -0.2) is 0 Å². The summed E-state index contributed by atoms with van der Waals surface area (Å²) < 4.78 is 10.7. The Balaban J connectivity index is 2.24. The number of rotatable bonds is 6. The lowest BCUT2D eigenvalue weighted by atomic mass is 9.93. The third kappa shape index (κ3) is 2.82. The van der Waals surface area contributed by atoms with Crippen LogP contribution >= 0.6 is 0 Å². The highest BCUT2D eigenvalue weighted by atomic mass is 16.5. The second kappa shape index (κ2) is 6.05. The Morgan fingerprint density at radius 2 is 1.80 bits per heavy atom. The van der Waals surface area contributed by atoms with Crippen LogP contribution in [0.1, 0.15) is 39.4 Å². The lowest BCUT2D eigenvalue weighted by Crippen LogP contribution is -2.36. The van der Waals surface area contributed by atoms with Gasteiger partial charge >= 0.3 is 0 Å². The van der Waals surface area contributed by atoms with Gasteiger partial charge in [0.25, 0.3) is 5.89 Å². The van der Waals surface area contributed by atoms with Crippen LogP contribution in [0.5, 0.6) is 5.75 Å². The van der Waals surface area contributed by atoms with E-state index in [1.807, 2.05) is 45.0 Å². The van der Waals surface area contributed by atoms with Crippen LogP contribution in [0.4, 0.5) is 0 Å². The molecular formula is C15H21N3O2. The van der Waals surface area contributed by atoms with E-state index in [2.05, 4.69) is 10.1 Å². The number of nitrogens with zero attached hydrogens (tertiary/aromatic N) is 2. The Kier molecular flexibility index (Phi) is 4.39. The molecule has 1 aromatic carbocycles. The molecule has 108 valence electrons. The van der Waals surface area contributed by atoms with E-state index in [9.17, 15) is 0 Å². The van der Waals surface area contributed by atoms with Crippen molar-refractivity contribution in [3.63, 3.8) is 0 Å². The summed E-state index contributed by atoms with van der Waals surface area (Å²) in [5.74, 6) is 1.87. The normalized spacial score (nSPS) is 11.6. The molecule has 2 aromatic rings. The van der Waals surface area contributed by atoms with Crippen molar-refractivity contribution in [2.24, 2.45) is 5.73 Å². The van der Waals surface area contributed by atoms with Crippen molar-refractivity contribution in [2.45, 2.75) is 39.2 Å². The summed E-state index contributed by atoms with van der Waals surface area (Å²) in [4.78, 5) is 4.43. The molecule has 0 amide bonds. The van der Waals surface area contributed by atoms with Crippen LogP contribution in [0.25, 0.3) is 11.5 Å². The maximum atomic E-state index is 6.27. The molecule has 0 unspecified atom stereocenters. The molecule has 0 spiro atoms. The molecule has 0 atom stereocenters. The molecule has 0 saturated carbocycles. The van der Waals surface area contributed by atoms with Crippen LogP contribution in [-0.4, -0.2) is 16.7 Å². The molecule has 0 radical (unpaired) electrons. The van der Waals surface area contributed by atoms with Crippen LogP contribution < -0.4 is 10.5 Å². The van der Waals surface area contributed by atoms with Crippen LogP contribution in [0.2, 0.25) is 0 Å². The molecule has 0 saturated heterocycles. The topological polar surface area (TPSA) is 74.2 Å². The van der Waals surface area contributed by atoms with Crippen molar-refractivity contribution in [2.75, 3.05) is 6.61 Å². The fraction of sp³-hybridized carbons (Fsp3) is 0.467.